The van der Waals surface area contributed by atoms with E-state index in [-0.39, 0.29) is 0 Å². The van der Waals surface area contributed by atoms with E-state index in [1.165, 1.54) is 36.9 Å². The first-order valence-electron chi connectivity index (χ1n) is 6.47. The zero-order chi connectivity index (χ0) is 12.1. The van der Waals surface area contributed by atoms with Crippen LogP contribution in [0.1, 0.15) is 37.2 Å². The standard InChI is InChI=1S/C14H22N2O/c1-16-9-7-12(5-3-4-10-17-2)13-6-8-15-11-14(13)16/h6,8,11-12H,3-5,7,9-10H2,1-2H3. The lowest BCUT2D eigenvalue weighted by Gasteiger charge is -2.32. The van der Waals surface area contributed by atoms with E-state index < -0.39 is 0 Å². The van der Waals surface area contributed by atoms with Crippen molar-refractivity contribution in [3.63, 3.8) is 0 Å². The number of hydrogen-bond donors (Lipinski definition) is 0. The molecule has 1 aliphatic rings. The van der Waals surface area contributed by atoms with Crippen LogP contribution < -0.4 is 4.90 Å². The lowest BCUT2D eigenvalue weighted by molar-refractivity contribution is 0.191. The fourth-order valence-electron chi connectivity index (χ4n) is 2.62. The molecular weight excluding hydrogens is 212 g/mol. The van der Waals surface area contributed by atoms with Gasteiger partial charge in [0, 0.05) is 33.5 Å². The van der Waals surface area contributed by atoms with Crippen LogP contribution in [0.2, 0.25) is 0 Å². The summed E-state index contributed by atoms with van der Waals surface area (Å²) >= 11 is 0. The van der Waals surface area contributed by atoms with Gasteiger partial charge in [0.15, 0.2) is 0 Å². The van der Waals surface area contributed by atoms with Gasteiger partial charge in [0.2, 0.25) is 0 Å². The van der Waals surface area contributed by atoms with Gasteiger partial charge in [-0.1, -0.05) is 6.42 Å². The SMILES string of the molecule is COCCCCC1CCN(C)c2cnccc21. The Balaban J connectivity index is 1.98. The predicted molar refractivity (Wildman–Crippen MR) is 70.6 cm³/mol. The molecule has 0 saturated heterocycles. The van der Waals surface area contributed by atoms with E-state index >= 15 is 0 Å². The molecule has 3 nitrogen and oxygen atoms in total. The van der Waals surface area contributed by atoms with Crippen LogP contribution in [0, 0.1) is 0 Å². The quantitative estimate of drug-likeness (QED) is 0.733. The normalized spacial score (nSPS) is 19.2. The highest BCUT2D eigenvalue weighted by Crippen LogP contribution is 2.36. The maximum absolute atomic E-state index is 5.10. The molecule has 1 aromatic rings. The highest BCUT2D eigenvalue weighted by atomic mass is 16.5. The Morgan fingerprint density at radius 1 is 1.47 bits per heavy atom. The highest BCUT2D eigenvalue weighted by Gasteiger charge is 2.22. The second-order valence-corrected chi connectivity index (χ2v) is 4.83. The van der Waals surface area contributed by atoms with Crippen molar-refractivity contribution >= 4 is 5.69 Å². The summed E-state index contributed by atoms with van der Waals surface area (Å²) in [6.07, 6.45) is 8.87. The van der Waals surface area contributed by atoms with Crippen LogP contribution >= 0.6 is 0 Å². The number of aromatic nitrogens is 1. The number of rotatable bonds is 5. The summed E-state index contributed by atoms with van der Waals surface area (Å²) in [4.78, 5) is 6.54. The summed E-state index contributed by atoms with van der Waals surface area (Å²) in [7, 11) is 3.93. The monoisotopic (exact) mass is 234 g/mol. The number of fused-ring (bicyclic) bond motifs is 1. The molecule has 1 aromatic heterocycles. The molecule has 0 radical (unpaired) electrons. The van der Waals surface area contributed by atoms with E-state index in [9.17, 15) is 0 Å². The van der Waals surface area contributed by atoms with Crippen molar-refractivity contribution in [2.75, 3.05) is 32.2 Å². The number of ether oxygens (including phenoxy) is 1. The summed E-state index contributed by atoms with van der Waals surface area (Å²) in [5.41, 5.74) is 2.79. The Kier molecular flexibility index (Phi) is 4.37. The third kappa shape index (κ3) is 2.97. The van der Waals surface area contributed by atoms with Gasteiger partial charge in [0.05, 0.1) is 11.9 Å². The van der Waals surface area contributed by atoms with Gasteiger partial charge in [-0.05, 0) is 36.8 Å². The molecule has 0 aromatic carbocycles. The Morgan fingerprint density at radius 3 is 3.18 bits per heavy atom. The Hall–Kier alpha value is -1.09. The first kappa shape index (κ1) is 12.4. The van der Waals surface area contributed by atoms with Crippen molar-refractivity contribution in [3.05, 3.63) is 24.0 Å². The molecule has 0 aliphatic carbocycles. The lowest BCUT2D eigenvalue weighted by Crippen LogP contribution is -2.27. The average molecular weight is 234 g/mol. The fourth-order valence-corrected chi connectivity index (χ4v) is 2.62. The van der Waals surface area contributed by atoms with Gasteiger partial charge < -0.3 is 9.64 Å². The fraction of sp³-hybridized carbons (Fsp3) is 0.643. The predicted octanol–water partition coefficient (Wildman–Crippen LogP) is 2.82. The van der Waals surface area contributed by atoms with Gasteiger partial charge in [0.25, 0.3) is 0 Å². The molecule has 1 aliphatic heterocycles. The second kappa shape index (κ2) is 6.01. The first-order chi connectivity index (χ1) is 8.33. The maximum Gasteiger partial charge on any atom is 0.0585 e. The van der Waals surface area contributed by atoms with E-state index in [4.69, 9.17) is 4.74 Å². The molecule has 1 unspecified atom stereocenters. The summed E-state index contributed by atoms with van der Waals surface area (Å²) < 4.78 is 5.10. The minimum Gasteiger partial charge on any atom is -0.385 e. The summed E-state index contributed by atoms with van der Waals surface area (Å²) in [6, 6.07) is 2.19. The van der Waals surface area contributed by atoms with Crippen LogP contribution in [-0.4, -0.2) is 32.3 Å². The third-order valence-electron chi connectivity index (χ3n) is 3.65. The molecule has 0 spiro atoms. The number of hydrogen-bond acceptors (Lipinski definition) is 3. The third-order valence-corrected chi connectivity index (χ3v) is 3.65. The van der Waals surface area contributed by atoms with Crippen LogP contribution in [0.3, 0.4) is 0 Å². The van der Waals surface area contributed by atoms with Crippen molar-refractivity contribution in [1.82, 2.24) is 4.98 Å². The van der Waals surface area contributed by atoms with E-state index in [0.29, 0.717) is 5.92 Å². The van der Waals surface area contributed by atoms with E-state index in [1.54, 1.807) is 7.11 Å². The highest BCUT2D eigenvalue weighted by molar-refractivity contribution is 5.54. The molecule has 17 heavy (non-hydrogen) atoms. The Bertz CT molecular complexity index is 354. The van der Waals surface area contributed by atoms with Crippen molar-refractivity contribution < 1.29 is 4.74 Å². The largest absolute Gasteiger partial charge is 0.385 e. The van der Waals surface area contributed by atoms with Crippen LogP contribution in [0.15, 0.2) is 18.5 Å². The van der Waals surface area contributed by atoms with Gasteiger partial charge >= 0.3 is 0 Å². The molecule has 2 heterocycles. The number of anilines is 1. The van der Waals surface area contributed by atoms with Crippen molar-refractivity contribution in [3.8, 4) is 0 Å². The van der Waals surface area contributed by atoms with Gasteiger partial charge in [-0.2, -0.15) is 0 Å². The van der Waals surface area contributed by atoms with Gasteiger partial charge in [-0.15, -0.1) is 0 Å². The minimum atomic E-state index is 0.709. The topological polar surface area (TPSA) is 25.4 Å². The number of unbranched alkanes of at least 4 members (excludes halogenated alkanes) is 1. The smallest absolute Gasteiger partial charge is 0.0585 e. The molecular formula is C14H22N2O. The van der Waals surface area contributed by atoms with Gasteiger partial charge in [-0.3, -0.25) is 4.98 Å². The molecule has 0 saturated carbocycles. The molecule has 0 bridgehead atoms. The van der Waals surface area contributed by atoms with Crippen LogP contribution in [-0.2, 0) is 4.74 Å². The van der Waals surface area contributed by atoms with Crippen LogP contribution in [0.5, 0.6) is 0 Å². The molecule has 0 amide bonds. The Labute approximate surface area is 104 Å². The summed E-state index contributed by atoms with van der Waals surface area (Å²) in [5, 5.41) is 0. The number of pyridine rings is 1. The van der Waals surface area contributed by atoms with Crippen molar-refractivity contribution in [2.45, 2.75) is 31.6 Å². The van der Waals surface area contributed by atoms with Gasteiger partial charge in [-0.25, -0.2) is 0 Å². The molecule has 1 atom stereocenters. The summed E-state index contributed by atoms with van der Waals surface area (Å²) in [6.45, 7) is 2.03. The second-order valence-electron chi connectivity index (χ2n) is 4.83. The molecule has 3 heteroatoms. The maximum atomic E-state index is 5.10. The van der Waals surface area contributed by atoms with Gasteiger partial charge in [0.1, 0.15) is 0 Å². The molecule has 94 valence electrons. The number of nitrogens with zero attached hydrogens (tertiary/aromatic N) is 2. The Morgan fingerprint density at radius 2 is 2.35 bits per heavy atom. The molecule has 2 rings (SSSR count). The zero-order valence-corrected chi connectivity index (χ0v) is 10.9. The van der Waals surface area contributed by atoms with E-state index in [0.717, 1.165) is 13.2 Å². The molecule has 0 N–H and O–H groups in total. The zero-order valence-electron chi connectivity index (χ0n) is 10.9. The van der Waals surface area contributed by atoms with Crippen molar-refractivity contribution in [2.24, 2.45) is 0 Å². The average Bonchev–Trinajstić information content (AvgIpc) is 2.37. The van der Waals surface area contributed by atoms with Crippen molar-refractivity contribution in [1.29, 1.82) is 0 Å². The summed E-state index contributed by atoms with van der Waals surface area (Å²) in [5.74, 6) is 0.709. The van der Waals surface area contributed by atoms with E-state index in [1.807, 2.05) is 12.4 Å². The lowest BCUT2D eigenvalue weighted by atomic mass is 9.87. The minimum absolute atomic E-state index is 0.709. The van der Waals surface area contributed by atoms with E-state index in [2.05, 4.69) is 23.0 Å². The van der Waals surface area contributed by atoms with Crippen LogP contribution in [0.4, 0.5) is 5.69 Å². The molecule has 0 fully saturated rings. The number of methoxy groups -OCH3 is 1. The first-order valence-corrected chi connectivity index (χ1v) is 6.47. The van der Waals surface area contributed by atoms with Crippen LogP contribution in [0.25, 0.3) is 0 Å².